The number of methoxy groups -OCH3 is 1. The summed E-state index contributed by atoms with van der Waals surface area (Å²) in [7, 11) is 1.55. The van der Waals surface area contributed by atoms with Crippen LogP contribution in [0.2, 0.25) is 5.02 Å². The highest BCUT2D eigenvalue weighted by atomic mass is 35.5. The van der Waals surface area contributed by atoms with E-state index in [0.29, 0.717) is 16.9 Å². The summed E-state index contributed by atoms with van der Waals surface area (Å²) in [6.07, 6.45) is 2.66. The van der Waals surface area contributed by atoms with Crippen LogP contribution in [0.15, 0.2) is 6.20 Å². The van der Waals surface area contributed by atoms with Crippen molar-refractivity contribution >= 4 is 29.0 Å². The maximum Gasteiger partial charge on any atom is 0.318 e. The van der Waals surface area contributed by atoms with Crippen LogP contribution >= 0.6 is 23.2 Å². The van der Waals surface area contributed by atoms with Gasteiger partial charge in [-0.25, -0.2) is 4.98 Å². The monoisotopic (exact) mass is 304 g/mol. The van der Waals surface area contributed by atoms with E-state index in [1.807, 2.05) is 0 Å². The van der Waals surface area contributed by atoms with Gasteiger partial charge in [-0.05, 0) is 13.0 Å². The zero-order valence-electron chi connectivity index (χ0n) is 11.0. The highest BCUT2D eigenvalue weighted by Crippen LogP contribution is 2.25. The quantitative estimate of drug-likeness (QED) is 0.795. The van der Waals surface area contributed by atoms with Gasteiger partial charge in [0.2, 0.25) is 0 Å². The van der Waals surface area contributed by atoms with Crippen LogP contribution in [0.4, 0.5) is 5.82 Å². The molecule has 0 radical (unpaired) electrons. The Morgan fingerprint density at radius 2 is 2.16 bits per heavy atom. The van der Waals surface area contributed by atoms with E-state index < -0.39 is 0 Å². The molecule has 0 unspecified atom stereocenters. The number of aromatic nitrogens is 2. The maximum atomic E-state index is 6.18. The molecule has 0 aliphatic carbocycles. The van der Waals surface area contributed by atoms with Crippen molar-refractivity contribution in [2.75, 3.05) is 50.6 Å². The molecule has 1 saturated heterocycles. The summed E-state index contributed by atoms with van der Waals surface area (Å²) in [5.41, 5.74) is 0. The number of halogens is 2. The van der Waals surface area contributed by atoms with Gasteiger partial charge in [0.05, 0.1) is 13.3 Å². The van der Waals surface area contributed by atoms with Crippen LogP contribution in [0.25, 0.3) is 0 Å². The van der Waals surface area contributed by atoms with E-state index in [2.05, 4.69) is 19.8 Å². The smallest absolute Gasteiger partial charge is 0.318 e. The standard InChI is InChI=1S/C12H18Cl2N4O/c1-19-12-15-9-10(14)11(16-12)18-5-2-4-17(6-3-13)7-8-18/h9H,2-8H2,1H3. The molecule has 0 aromatic carbocycles. The van der Waals surface area contributed by atoms with Crippen LogP contribution in [0.1, 0.15) is 6.42 Å². The Balaban J connectivity index is 2.09. The van der Waals surface area contributed by atoms with Crippen molar-refractivity contribution in [3.63, 3.8) is 0 Å². The van der Waals surface area contributed by atoms with E-state index in [-0.39, 0.29) is 0 Å². The van der Waals surface area contributed by atoms with Crippen LogP contribution < -0.4 is 9.64 Å². The molecule has 1 aliphatic heterocycles. The summed E-state index contributed by atoms with van der Waals surface area (Å²) in [6.45, 7) is 4.77. The first-order chi connectivity index (χ1) is 9.24. The first kappa shape index (κ1) is 14.6. The third kappa shape index (κ3) is 3.84. The first-order valence-electron chi connectivity index (χ1n) is 6.34. The van der Waals surface area contributed by atoms with Crippen LogP contribution in [-0.4, -0.2) is 60.6 Å². The molecule has 7 heteroatoms. The number of ether oxygens (including phenoxy) is 1. The summed E-state index contributed by atoms with van der Waals surface area (Å²) in [6, 6.07) is 0.348. The minimum absolute atomic E-state index is 0.348. The molecule has 106 valence electrons. The van der Waals surface area contributed by atoms with Gasteiger partial charge in [-0.15, -0.1) is 11.6 Å². The van der Waals surface area contributed by atoms with E-state index in [1.165, 1.54) is 0 Å². The van der Waals surface area contributed by atoms with Gasteiger partial charge in [-0.3, -0.25) is 0 Å². The number of nitrogens with zero attached hydrogens (tertiary/aromatic N) is 4. The average molecular weight is 305 g/mol. The molecule has 19 heavy (non-hydrogen) atoms. The fraction of sp³-hybridized carbons (Fsp3) is 0.667. The van der Waals surface area contributed by atoms with Crippen LogP contribution in [-0.2, 0) is 0 Å². The molecule has 0 amide bonds. The van der Waals surface area contributed by atoms with E-state index in [9.17, 15) is 0 Å². The van der Waals surface area contributed by atoms with Crippen molar-refractivity contribution in [2.45, 2.75) is 6.42 Å². The van der Waals surface area contributed by atoms with Crippen molar-refractivity contribution < 1.29 is 4.74 Å². The zero-order valence-corrected chi connectivity index (χ0v) is 12.5. The highest BCUT2D eigenvalue weighted by Gasteiger charge is 2.18. The minimum atomic E-state index is 0.348. The normalized spacial score (nSPS) is 17.3. The van der Waals surface area contributed by atoms with Crippen molar-refractivity contribution in [1.82, 2.24) is 14.9 Å². The lowest BCUT2D eigenvalue weighted by atomic mass is 10.4. The topological polar surface area (TPSA) is 41.5 Å². The molecule has 0 N–H and O–H groups in total. The Morgan fingerprint density at radius 1 is 1.32 bits per heavy atom. The Bertz CT molecular complexity index is 419. The molecular weight excluding hydrogens is 287 g/mol. The molecule has 1 aromatic heterocycles. The lowest BCUT2D eigenvalue weighted by molar-refractivity contribution is 0.311. The van der Waals surface area contributed by atoms with Crippen LogP contribution in [0, 0.1) is 0 Å². The lowest BCUT2D eigenvalue weighted by Gasteiger charge is -2.23. The van der Waals surface area contributed by atoms with E-state index in [0.717, 1.165) is 45.0 Å². The van der Waals surface area contributed by atoms with Gasteiger partial charge in [0.25, 0.3) is 0 Å². The number of anilines is 1. The molecule has 0 saturated carbocycles. The van der Waals surface area contributed by atoms with Gasteiger partial charge in [0, 0.05) is 32.1 Å². The van der Waals surface area contributed by atoms with Crippen molar-refractivity contribution in [2.24, 2.45) is 0 Å². The molecule has 0 atom stereocenters. The molecule has 2 heterocycles. The Labute approximate surface area is 123 Å². The predicted octanol–water partition coefficient (Wildman–Crippen LogP) is 1.89. The molecule has 1 fully saturated rings. The second-order valence-electron chi connectivity index (χ2n) is 4.40. The number of rotatable bonds is 4. The second-order valence-corrected chi connectivity index (χ2v) is 5.18. The largest absolute Gasteiger partial charge is 0.467 e. The SMILES string of the molecule is COc1ncc(Cl)c(N2CCCN(CCCl)CC2)n1. The van der Waals surface area contributed by atoms with Crippen LogP contribution in [0.5, 0.6) is 6.01 Å². The molecular formula is C12H18Cl2N4O. The molecule has 0 bridgehead atoms. The summed E-state index contributed by atoms with van der Waals surface area (Å²) in [5.74, 6) is 1.42. The predicted molar refractivity (Wildman–Crippen MR) is 77.6 cm³/mol. The highest BCUT2D eigenvalue weighted by molar-refractivity contribution is 6.32. The minimum Gasteiger partial charge on any atom is -0.467 e. The fourth-order valence-corrected chi connectivity index (χ4v) is 2.64. The van der Waals surface area contributed by atoms with Gasteiger partial charge >= 0.3 is 6.01 Å². The Kier molecular flexibility index (Phi) is 5.48. The Hall–Kier alpha value is -0.780. The number of hydrogen-bond acceptors (Lipinski definition) is 5. The summed E-state index contributed by atoms with van der Waals surface area (Å²) < 4.78 is 5.06. The first-order valence-corrected chi connectivity index (χ1v) is 7.25. The summed E-state index contributed by atoms with van der Waals surface area (Å²) >= 11 is 12.0. The summed E-state index contributed by atoms with van der Waals surface area (Å²) in [4.78, 5) is 12.9. The van der Waals surface area contributed by atoms with Gasteiger partial charge in [-0.1, -0.05) is 11.6 Å². The average Bonchev–Trinajstić information content (AvgIpc) is 2.65. The van der Waals surface area contributed by atoms with Gasteiger partial charge < -0.3 is 14.5 Å². The maximum absolute atomic E-state index is 6.18. The van der Waals surface area contributed by atoms with Crippen LogP contribution in [0.3, 0.4) is 0 Å². The van der Waals surface area contributed by atoms with Crippen molar-refractivity contribution in [1.29, 1.82) is 0 Å². The van der Waals surface area contributed by atoms with Crippen molar-refractivity contribution in [3.05, 3.63) is 11.2 Å². The third-order valence-electron chi connectivity index (χ3n) is 3.17. The zero-order chi connectivity index (χ0) is 13.7. The van der Waals surface area contributed by atoms with Crippen molar-refractivity contribution in [3.8, 4) is 6.01 Å². The molecule has 2 rings (SSSR count). The van der Waals surface area contributed by atoms with E-state index in [4.69, 9.17) is 27.9 Å². The number of alkyl halides is 1. The van der Waals surface area contributed by atoms with Gasteiger partial charge in [0.1, 0.15) is 5.02 Å². The second kappa shape index (κ2) is 7.12. The lowest BCUT2D eigenvalue weighted by Crippen LogP contribution is -2.32. The number of hydrogen-bond donors (Lipinski definition) is 0. The third-order valence-corrected chi connectivity index (χ3v) is 3.61. The van der Waals surface area contributed by atoms with Gasteiger partial charge in [0.15, 0.2) is 5.82 Å². The van der Waals surface area contributed by atoms with Gasteiger partial charge in [-0.2, -0.15) is 4.98 Å². The molecule has 0 spiro atoms. The molecule has 5 nitrogen and oxygen atoms in total. The Morgan fingerprint density at radius 3 is 2.89 bits per heavy atom. The van der Waals surface area contributed by atoms with E-state index >= 15 is 0 Å². The fourth-order valence-electron chi connectivity index (χ4n) is 2.19. The summed E-state index contributed by atoms with van der Waals surface area (Å²) in [5, 5.41) is 0.562. The molecule has 1 aromatic rings. The van der Waals surface area contributed by atoms with E-state index in [1.54, 1.807) is 13.3 Å². The molecule has 1 aliphatic rings.